The van der Waals surface area contributed by atoms with E-state index in [0.717, 1.165) is 57.8 Å². The van der Waals surface area contributed by atoms with Crippen LogP contribution in [0.25, 0.3) is 0 Å². The average molecular weight is 283 g/mol. The Balaban J connectivity index is 2.56. The van der Waals surface area contributed by atoms with E-state index in [1.807, 2.05) is 0 Å². The van der Waals surface area contributed by atoms with Gasteiger partial charge in [-0.25, -0.2) is 0 Å². The zero-order valence-electron chi connectivity index (χ0n) is 13.6. The van der Waals surface area contributed by atoms with Crippen LogP contribution < -0.4 is 11.1 Å². The summed E-state index contributed by atoms with van der Waals surface area (Å²) in [6.07, 6.45) is 6.49. The van der Waals surface area contributed by atoms with E-state index in [0.29, 0.717) is 0 Å². The van der Waals surface area contributed by atoms with Crippen molar-refractivity contribution in [3.05, 3.63) is 0 Å². The highest BCUT2D eigenvalue weighted by Gasteiger charge is 2.37. The molecule has 1 amide bonds. The van der Waals surface area contributed by atoms with Gasteiger partial charge < -0.3 is 16.0 Å². The van der Waals surface area contributed by atoms with E-state index in [1.54, 1.807) is 0 Å². The van der Waals surface area contributed by atoms with Gasteiger partial charge in [-0.05, 0) is 38.3 Å². The summed E-state index contributed by atoms with van der Waals surface area (Å²) in [5.41, 5.74) is 5.26. The minimum atomic E-state index is -0.461. The summed E-state index contributed by atoms with van der Waals surface area (Å²) in [6.45, 7) is 10.5. The van der Waals surface area contributed by atoms with E-state index in [9.17, 15) is 4.79 Å². The summed E-state index contributed by atoms with van der Waals surface area (Å²) in [5, 5.41) is 3.50. The van der Waals surface area contributed by atoms with Gasteiger partial charge in [0.15, 0.2) is 0 Å². The van der Waals surface area contributed by atoms with Crippen LogP contribution in [-0.4, -0.2) is 42.5 Å². The molecular formula is C16H33N3O. The van der Waals surface area contributed by atoms with Crippen molar-refractivity contribution < 1.29 is 4.79 Å². The van der Waals surface area contributed by atoms with Crippen molar-refractivity contribution in [3.63, 3.8) is 0 Å². The first-order valence-corrected chi connectivity index (χ1v) is 8.35. The molecule has 4 nitrogen and oxygen atoms in total. The van der Waals surface area contributed by atoms with Gasteiger partial charge in [0, 0.05) is 13.1 Å². The lowest BCUT2D eigenvalue weighted by Gasteiger charge is -2.32. The molecular weight excluding hydrogens is 250 g/mol. The van der Waals surface area contributed by atoms with E-state index in [-0.39, 0.29) is 5.91 Å². The highest BCUT2D eigenvalue weighted by molar-refractivity contribution is 5.84. The topological polar surface area (TPSA) is 58.4 Å². The van der Waals surface area contributed by atoms with Gasteiger partial charge in [-0.2, -0.15) is 0 Å². The third-order valence-electron chi connectivity index (χ3n) is 5.03. The molecule has 0 aromatic heterocycles. The van der Waals surface area contributed by atoms with Crippen molar-refractivity contribution in [2.45, 2.75) is 64.8 Å². The molecule has 2 atom stereocenters. The smallest absolute Gasteiger partial charge is 0.237 e. The van der Waals surface area contributed by atoms with Crippen LogP contribution in [-0.2, 0) is 4.79 Å². The van der Waals surface area contributed by atoms with Crippen LogP contribution in [0.1, 0.15) is 59.3 Å². The monoisotopic (exact) mass is 283 g/mol. The summed E-state index contributed by atoms with van der Waals surface area (Å²) in [5.74, 6) is 0.606. The molecule has 1 fully saturated rings. The van der Waals surface area contributed by atoms with Gasteiger partial charge in [-0.15, -0.1) is 0 Å². The lowest BCUT2D eigenvalue weighted by molar-refractivity contribution is -0.125. The van der Waals surface area contributed by atoms with Crippen molar-refractivity contribution in [1.82, 2.24) is 10.2 Å². The molecule has 0 radical (unpaired) electrons. The van der Waals surface area contributed by atoms with E-state index >= 15 is 0 Å². The zero-order valence-corrected chi connectivity index (χ0v) is 13.6. The Bertz CT molecular complexity index is 291. The van der Waals surface area contributed by atoms with Crippen LogP contribution in [0.3, 0.4) is 0 Å². The van der Waals surface area contributed by atoms with Gasteiger partial charge in [0.25, 0.3) is 0 Å². The first kappa shape index (κ1) is 17.4. The second-order valence-electron chi connectivity index (χ2n) is 6.11. The fourth-order valence-electron chi connectivity index (χ4n) is 3.32. The maximum Gasteiger partial charge on any atom is 0.237 e. The van der Waals surface area contributed by atoms with Gasteiger partial charge in [0.1, 0.15) is 0 Å². The molecule has 2 unspecified atom stereocenters. The molecule has 0 aromatic carbocycles. The van der Waals surface area contributed by atoms with Gasteiger partial charge in [-0.1, -0.05) is 40.0 Å². The van der Waals surface area contributed by atoms with Crippen molar-refractivity contribution >= 4 is 5.91 Å². The number of rotatable bonds is 8. The van der Waals surface area contributed by atoms with Gasteiger partial charge in [-0.3, -0.25) is 4.79 Å². The van der Waals surface area contributed by atoms with Crippen molar-refractivity contribution in [1.29, 1.82) is 0 Å². The van der Waals surface area contributed by atoms with E-state index in [1.165, 1.54) is 12.8 Å². The molecule has 118 valence electrons. The highest BCUT2D eigenvalue weighted by Crippen LogP contribution is 2.31. The fraction of sp³-hybridized carbons (Fsp3) is 0.938. The van der Waals surface area contributed by atoms with Crippen molar-refractivity contribution in [2.24, 2.45) is 11.7 Å². The maximum absolute atomic E-state index is 12.0. The minimum Gasteiger partial charge on any atom is -0.368 e. The van der Waals surface area contributed by atoms with Gasteiger partial charge in [0.05, 0.1) is 5.54 Å². The van der Waals surface area contributed by atoms with Crippen LogP contribution in [0.2, 0.25) is 0 Å². The van der Waals surface area contributed by atoms with E-state index in [2.05, 4.69) is 31.0 Å². The Morgan fingerprint density at radius 3 is 2.50 bits per heavy atom. The lowest BCUT2D eigenvalue weighted by atomic mass is 9.88. The first-order chi connectivity index (χ1) is 9.57. The average Bonchev–Trinajstić information content (AvgIpc) is 2.67. The first-order valence-electron chi connectivity index (χ1n) is 8.35. The highest BCUT2D eigenvalue weighted by atomic mass is 16.1. The molecule has 20 heavy (non-hydrogen) atoms. The second-order valence-corrected chi connectivity index (χ2v) is 6.11. The molecule has 1 rings (SSSR count). The molecule has 0 saturated heterocycles. The van der Waals surface area contributed by atoms with Crippen LogP contribution in [0.5, 0.6) is 0 Å². The minimum absolute atomic E-state index is 0.159. The molecule has 1 aliphatic carbocycles. The molecule has 1 saturated carbocycles. The summed E-state index contributed by atoms with van der Waals surface area (Å²) < 4.78 is 0. The number of nitrogens with zero attached hydrogens (tertiary/aromatic N) is 1. The van der Waals surface area contributed by atoms with Crippen LogP contribution in [0.4, 0.5) is 0 Å². The summed E-state index contributed by atoms with van der Waals surface area (Å²) in [7, 11) is 0. The molecule has 3 N–H and O–H groups in total. The number of carbonyl (C=O) groups excluding carboxylic acids is 1. The number of primary amides is 1. The fourth-order valence-corrected chi connectivity index (χ4v) is 3.32. The Morgan fingerprint density at radius 1 is 1.25 bits per heavy atom. The summed E-state index contributed by atoms with van der Waals surface area (Å²) in [6, 6.07) is 0. The Labute approximate surface area is 124 Å². The van der Waals surface area contributed by atoms with Crippen LogP contribution in [0, 0.1) is 5.92 Å². The summed E-state index contributed by atoms with van der Waals surface area (Å²) in [4.78, 5) is 14.4. The summed E-state index contributed by atoms with van der Waals surface area (Å²) >= 11 is 0. The molecule has 0 aromatic rings. The van der Waals surface area contributed by atoms with Crippen molar-refractivity contribution in [2.75, 3.05) is 26.2 Å². The Kier molecular flexibility index (Phi) is 7.52. The second kappa shape index (κ2) is 8.63. The largest absolute Gasteiger partial charge is 0.368 e. The van der Waals surface area contributed by atoms with Crippen LogP contribution in [0.15, 0.2) is 0 Å². The molecule has 0 heterocycles. The number of carbonyl (C=O) groups is 1. The van der Waals surface area contributed by atoms with E-state index in [4.69, 9.17) is 5.73 Å². The normalized spacial score (nSPS) is 27.5. The number of nitrogens with one attached hydrogen (secondary N) is 1. The number of hydrogen-bond acceptors (Lipinski definition) is 3. The molecule has 1 aliphatic rings. The Hall–Kier alpha value is -0.610. The van der Waals surface area contributed by atoms with Crippen molar-refractivity contribution in [3.8, 4) is 0 Å². The van der Waals surface area contributed by atoms with Gasteiger partial charge in [0.2, 0.25) is 5.91 Å². The molecule has 4 heteroatoms. The molecule has 0 aliphatic heterocycles. The number of likely N-dealkylation sites (N-methyl/N-ethyl adjacent to an activating group) is 1. The predicted molar refractivity (Wildman–Crippen MR) is 84.6 cm³/mol. The SMILES string of the molecule is CCC1CCCC(NCCN(CC)CC)(C(N)=O)CC1. The molecule has 0 spiro atoms. The lowest BCUT2D eigenvalue weighted by Crippen LogP contribution is -2.56. The number of amides is 1. The number of hydrogen-bond donors (Lipinski definition) is 2. The standard InChI is InChI=1S/C16H33N3O/c1-4-14-8-7-10-16(11-9-14,15(17)20)18-12-13-19(5-2)6-3/h14,18H,4-13H2,1-3H3,(H2,17,20). The predicted octanol–water partition coefficient (Wildman–Crippen LogP) is 2.13. The number of nitrogens with two attached hydrogens (primary N) is 1. The van der Waals surface area contributed by atoms with Gasteiger partial charge >= 0.3 is 0 Å². The van der Waals surface area contributed by atoms with E-state index < -0.39 is 5.54 Å². The Morgan fingerprint density at radius 2 is 1.95 bits per heavy atom. The van der Waals surface area contributed by atoms with Crippen LogP contribution >= 0.6 is 0 Å². The molecule has 0 bridgehead atoms. The zero-order chi connectivity index (χ0) is 15.0. The maximum atomic E-state index is 12.0. The quantitative estimate of drug-likeness (QED) is 0.671. The third-order valence-corrected chi connectivity index (χ3v) is 5.03. The third kappa shape index (κ3) is 4.74.